The van der Waals surface area contributed by atoms with Crippen LogP contribution in [0.1, 0.15) is 12.8 Å². The lowest BCUT2D eigenvalue weighted by Gasteiger charge is -2.18. The molecule has 0 amide bonds. The van der Waals surface area contributed by atoms with Gasteiger partial charge >= 0.3 is 12.1 Å². The summed E-state index contributed by atoms with van der Waals surface area (Å²) in [5.41, 5.74) is 0. The summed E-state index contributed by atoms with van der Waals surface area (Å²) in [6.45, 7) is 0.167. The zero-order valence-electron chi connectivity index (χ0n) is 7.04. The van der Waals surface area contributed by atoms with E-state index in [1.54, 1.807) is 6.07 Å². The third-order valence-electron chi connectivity index (χ3n) is 1.78. The van der Waals surface area contributed by atoms with Crippen LogP contribution in [0.25, 0.3) is 0 Å². The van der Waals surface area contributed by atoms with Crippen molar-refractivity contribution >= 4 is 5.97 Å². The minimum atomic E-state index is -5.01. The molecule has 0 aromatic carbocycles. The van der Waals surface area contributed by atoms with Gasteiger partial charge in [0.05, 0.1) is 6.07 Å². The average molecular weight is 208 g/mol. The van der Waals surface area contributed by atoms with Gasteiger partial charge in [0, 0.05) is 6.54 Å². The van der Waals surface area contributed by atoms with E-state index in [2.05, 4.69) is 4.84 Å². The smallest absolute Gasteiger partial charge is 0.359 e. The maximum absolute atomic E-state index is 11.7. The van der Waals surface area contributed by atoms with Crippen LogP contribution >= 0.6 is 0 Å². The number of hydroxylamine groups is 2. The summed E-state index contributed by atoms with van der Waals surface area (Å²) in [5, 5.41) is 9.26. The molecule has 14 heavy (non-hydrogen) atoms. The fourth-order valence-corrected chi connectivity index (χ4v) is 1.14. The summed E-state index contributed by atoms with van der Waals surface area (Å²) in [7, 11) is 0. The Kier molecular flexibility index (Phi) is 2.96. The quantitative estimate of drug-likeness (QED) is 0.644. The number of hydrogen-bond acceptors (Lipinski definition) is 4. The van der Waals surface area contributed by atoms with Gasteiger partial charge in [-0.05, 0) is 12.8 Å². The van der Waals surface area contributed by atoms with Crippen LogP contribution in [0.2, 0.25) is 0 Å². The Bertz CT molecular complexity index is 271. The number of hydrogen-bond donors (Lipinski definition) is 0. The number of nitrogens with zero attached hydrogens (tertiary/aromatic N) is 2. The number of nitriles is 1. The van der Waals surface area contributed by atoms with E-state index in [-0.39, 0.29) is 6.54 Å². The highest BCUT2D eigenvalue weighted by molar-refractivity contribution is 5.75. The van der Waals surface area contributed by atoms with Gasteiger partial charge in [-0.3, -0.25) is 0 Å². The Morgan fingerprint density at radius 3 is 2.71 bits per heavy atom. The Hall–Kier alpha value is -1.29. The number of rotatable bonds is 1. The van der Waals surface area contributed by atoms with Crippen LogP contribution in [0.5, 0.6) is 0 Å². The van der Waals surface area contributed by atoms with E-state index in [1.807, 2.05) is 0 Å². The summed E-state index contributed by atoms with van der Waals surface area (Å²) in [6, 6.07) is 0.989. The van der Waals surface area contributed by atoms with Crippen LogP contribution in [0.3, 0.4) is 0 Å². The van der Waals surface area contributed by atoms with E-state index in [0.29, 0.717) is 12.8 Å². The highest BCUT2D eigenvalue weighted by atomic mass is 19.4. The Balaban J connectivity index is 2.53. The minimum absolute atomic E-state index is 0.167. The summed E-state index contributed by atoms with van der Waals surface area (Å²) >= 11 is 0. The van der Waals surface area contributed by atoms with E-state index >= 15 is 0 Å². The van der Waals surface area contributed by atoms with Crippen molar-refractivity contribution in [1.29, 1.82) is 5.26 Å². The number of carbonyl (C=O) groups excluding carboxylic acids is 1. The number of halogens is 3. The first kappa shape index (κ1) is 10.8. The van der Waals surface area contributed by atoms with Gasteiger partial charge in [-0.15, -0.1) is 5.06 Å². The Morgan fingerprint density at radius 2 is 2.21 bits per heavy atom. The maximum Gasteiger partial charge on any atom is 0.492 e. The van der Waals surface area contributed by atoms with E-state index in [1.165, 1.54) is 0 Å². The van der Waals surface area contributed by atoms with Gasteiger partial charge in [-0.25, -0.2) is 4.79 Å². The first-order valence-corrected chi connectivity index (χ1v) is 3.90. The molecule has 1 aliphatic rings. The zero-order chi connectivity index (χ0) is 10.8. The van der Waals surface area contributed by atoms with Crippen molar-refractivity contribution < 1.29 is 22.8 Å². The molecule has 1 saturated heterocycles. The molecule has 1 fully saturated rings. The molecular weight excluding hydrogens is 201 g/mol. The average Bonchev–Trinajstić information content (AvgIpc) is 2.50. The fraction of sp³-hybridized carbons (Fsp3) is 0.714. The number of carbonyl (C=O) groups is 1. The molecule has 0 radical (unpaired) electrons. The first-order valence-electron chi connectivity index (χ1n) is 3.90. The van der Waals surface area contributed by atoms with Crippen molar-refractivity contribution in [3.63, 3.8) is 0 Å². The molecular formula is C7H7F3N2O2. The summed E-state index contributed by atoms with van der Waals surface area (Å²) in [5.74, 6) is -2.28. The first-order chi connectivity index (χ1) is 6.45. The lowest BCUT2D eigenvalue weighted by molar-refractivity contribution is -0.238. The second kappa shape index (κ2) is 3.84. The van der Waals surface area contributed by atoms with Crippen molar-refractivity contribution in [2.24, 2.45) is 0 Å². The molecule has 0 aromatic rings. The molecule has 1 atom stereocenters. The predicted molar refractivity (Wildman–Crippen MR) is 37.5 cm³/mol. The lowest BCUT2D eigenvalue weighted by Crippen LogP contribution is -2.37. The molecule has 0 bridgehead atoms. The van der Waals surface area contributed by atoms with Crippen molar-refractivity contribution in [2.45, 2.75) is 25.1 Å². The van der Waals surface area contributed by atoms with E-state index in [0.717, 1.165) is 5.06 Å². The van der Waals surface area contributed by atoms with Crippen molar-refractivity contribution in [2.75, 3.05) is 6.54 Å². The SMILES string of the molecule is N#C[C@H]1CCCN1OC(=O)C(F)(F)F. The normalized spacial score (nSPS) is 23.1. The molecule has 0 saturated carbocycles. The van der Waals surface area contributed by atoms with Crippen molar-refractivity contribution in [3.8, 4) is 6.07 Å². The van der Waals surface area contributed by atoms with E-state index in [9.17, 15) is 18.0 Å². The predicted octanol–water partition coefficient (Wildman–Crippen LogP) is 0.995. The van der Waals surface area contributed by atoms with Crippen LogP contribution in [0, 0.1) is 11.3 Å². The molecule has 0 aromatic heterocycles. The van der Waals surface area contributed by atoms with Crippen LogP contribution in [0.15, 0.2) is 0 Å². The second-order valence-corrected chi connectivity index (χ2v) is 2.80. The largest absolute Gasteiger partial charge is 0.492 e. The molecule has 1 heterocycles. The molecule has 1 aliphatic heterocycles. The van der Waals surface area contributed by atoms with Gasteiger partial charge in [-0.1, -0.05) is 0 Å². The Labute approximate surface area is 77.8 Å². The van der Waals surface area contributed by atoms with Crippen LogP contribution in [-0.4, -0.2) is 29.8 Å². The van der Waals surface area contributed by atoms with E-state index < -0.39 is 18.2 Å². The monoisotopic (exact) mass is 208 g/mol. The van der Waals surface area contributed by atoms with Crippen LogP contribution < -0.4 is 0 Å². The van der Waals surface area contributed by atoms with Gasteiger partial charge in [-0.2, -0.15) is 18.4 Å². The van der Waals surface area contributed by atoms with Gasteiger partial charge in [0.1, 0.15) is 6.04 Å². The van der Waals surface area contributed by atoms with Crippen LogP contribution in [0.4, 0.5) is 13.2 Å². The number of alkyl halides is 3. The molecule has 0 unspecified atom stereocenters. The van der Waals surface area contributed by atoms with Crippen molar-refractivity contribution in [1.82, 2.24) is 5.06 Å². The van der Waals surface area contributed by atoms with Crippen molar-refractivity contribution in [3.05, 3.63) is 0 Å². The topological polar surface area (TPSA) is 53.3 Å². The molecule has 78 valence electrons. The zero-order valence-corrected chi connectivity index (χ0v) is 7.04. The summed E-state index contributed by atoms with van der Waals surface area (Å²) in [6.07, 6.45) is -4.05. The summed E-state index contributed by atoms with van der Waals surface area (Å²) < 4.78 is 35.2. The molecule has 7 heteroatoms. The Morgan fingerprint density at radius 1 is 1.57 bits per heavy atom. The molecule has 0 N–H and O–H groups in total. The third kappa shape index (κ3) is 2.35. The van der Waals surface area contributed by atoms with Gasteiger partial charge in [0.25, 0.3) is 0 Å². The van der Waals surface area contributed by atoms with Crippen LogP contribution in [-0.2, 0) is 9.63 Å². The highest BCUT2D eigenvalue weighted by Gasteiger charge is 2.44. The molecule has 1 rings (SSSR count). The highest BCUT2D eigenvalue weighted by Crippen LogP contribution is 2.22. The van der Waals surface area contributed by atoms with E-state index in [4.69, 9.17) is 5.26 Å². The summed E-state index contributed by atoms with van der Waals surface area (Å²) in [4.78, 5) is 14.4. The second-order valence-electron chi connectivity index (χ2n) is 2.80. The molecule has 0 aliphatic carbocycles. The third-order valence-corrected chi connectivity index (χ3v) is 1.78. The van der Waals surface area contributed by atoms with Gasteiger partial charge in [0.2, 0.25) is 0 Å². The van der Waals surface area contributed by atoms with Gasteiger partial charge < -0.3 is 4.84 Å². The molecule has 4 nitrogen and oxygen atoms in total. The fourth-order valence-electron chi connectivity index (χ4n) is 1.14. The standard InChI is InChI=1S/C7H7F3N2O2/c8-7(9,10)6(13)14-12-3-1-2-5(12)4-11/h5H,1-3H2/t5-/m1/s1. The minimum Gasteiger partial charge on any atom is -0.359 e. The lowest BCUT2D eigenvalue weighted by atomic mass is 10.2. The maximum atomic E-state index is 11.7. The molecule has 0 spiro atoms. The van der Waals surface area contributed by atoms with Gasteiger partial charge in [0.15, 0.2) is 0 Å².